The Kier molecular flexibility index (Phi) is 8.53. The molecule has 12 aromatic rings. The fraction of sp³-hybridized carbons (Fsp3) is 0. The van der Waals surface area contributed by atoms with E-state index in [4.69, 9.17) is 0 Å². The standard InChI is InChI=1S/C60H40N2/c1-3-17-47(18-4-1)61(48-19-5-2-6-20-48)49-34-29-42(30-35-49)45-33-38-58-56(40-45)51-21-13-14-26-57(51)62(58)50-36-31-43(32-37-50)59-52-22-9-11-24-54(52)60(55-25-12-10-23-53(55)59)46-28-27-41-15-7-8-16-44(41)39-46/h1-40H. The smallest absolute Gasteiger partial charge is 0.0541 e. The first-order valence-corrected chi connectivity index (χ1v) is 21.3. The third-order valence-corrected chi connectivity index (χ3v) is 12.5. The minimum absolute atomic E-state index is 1.12. The Morgan fingerprint density at radius 2 is 0.710 bits per heavy atom. The number of anilines is 3. The average Bonchev–Trinajstić information content (AvgIpc) is 3.68. The summed E-state index contributed by atoms with van der Waals surface area (Å²) in [7, 11) is 0. The van der Waals surface area contributed by atoms with Crippen LogP contribution in [0.15, 0.2) is 243 Å². The van der Waals surface area contributed by atoms with E-state index >= 15 is 0 Å². The maximum Gasteiger partial charge on any atom is 0.0541 e. The molecule has 0 aliphatic heterocycles. The topological polar surface area (TPSA) is 8.17 Å². The van der Waals surface area contributed by atoms with E-state index in [1.165, 1.54) is 87.5 Å². The second-order valence-electron chi connectivity index (χ2n) is 16.1. The lowest BCUT2D eigenvalue weighted by atomic mass is 9.85. The highest BCUT2D eigenvalue weighted by atomic mass is 15.1. The zero-order chi connectivity index (χ0) is 41.0. The summed E-state index contributed by atoms with van der Waals surface area (Å²) in [5.41, 5.74) is 14.3. The Balaban J connectivity index is 0.939. The molecule has 0 N–H and O–H groups in total. The van der Waals surface area contributed by atoms with E-state index in [0.29, 0.717) is 0 Å². The van der Waals surface area contributed by atoms with Gasteiger partial charge in [-0.25, -0.2) is 0 Å². The zero-order valence-corrected chi connectivity index (χ0v) is 34.0. The van der Waals surface area contributed by atoms with Crippen LogP contribution < -0.4 is 4.90 Å². The molecule has 0 unspecified atom stereocenters. The lowest BCUT2D eigenvalue weighted by Gasteiger charge is -2.25. The van der Waals surface area contributed by atoms with Crippen LogP contribution in [0.1, 0.15) is 0 Å². The van der Waals surface area contributed by atoms with Gasteiger partial charge in [0.05, 0.1) is 11.0 Å². The van der Waals surface area contributed by atoms with E-state index in [1.54, 1.807) is 0 Å². The molecule has 1 aromatic heterocycles. The van der Waals surface area contributed by atoms with Crippen molar-refractivity contribution in [1.82, 2.24) is 4.57 Å². The largest absolute Gasteiger partial charge is 0.311 e. The van der Waals surface area contributed by atoms with Crippen molar-refractivity contribution in [3.05, 3.63) is 243 Å². The zero-order valence-electron chi connectivity index (χ0n) is 34.0. The Morgan fingerprint density at radius 3 is 1.34 bits per heavy atom. The van der Waals surface area contributed by atoms with Crippen molar-refractivity contribution in [2.45, 2.75) is 0 Å². The van der Waals surface area contributed by atoms with Crippen LogP contribution >= 0.6 is 0 Å². The summed E-state index contributed by atoms with van der Waals surface area (Å²) >= 11 is 0. The fourth-order valence-corrected chi connectivity index (χ4v) is 9.71. The van der Waals surface area contributed by atoms with Crippen molar-refractivity contribution < 1.29 is 0 Å². The van der Waals surface area contributed by atoms with Crippen LogP contribution in [0.2, 0.25) is 0 Å². The quantitative estimate of drug-likeness (QED) is 0.146. The molecule has 290 valence electrons. The Hall–Kier alpha value is -8.20. The van der Waals surface area contributed by atoms with Gasteiger partial charge in [-0.05, 0) is 138 Å². The van der Waals surface area contributed by atoms with Crippen LogP contribution in [0.3, 0.4) is 0 Å². The van der Waals surface area contributed by atoms with Gasteiger partial charge in [-0.15, -0.1) is 0 Å². The number of rotatable bonds is 7. The summed E-state index contributed by atoms with van der Waals surface area (Å²) in [6, 6.07) is 88.3. The molecule has 0 fully saturated rings. The molecule has 11 aromatic carbocycles. The average molecular weight is 789 g/mol. The van der Waals surface area contributed by atoms with Crippen LogP contribution in [0.25, 0.3) is 93.2 Å². The molecule has 0 aliphatic rings. The number of fused-ring (bicyclic) bond motifs is 6. The van der Waals surface area contributed by atoms with Gasteiger partial charge < -0.3 is 9.47 Å². The van der Waals surface area contributed by atoms with Gasteiger partial charge in [0.15, 0.2) is 0 Å². The second kappa shape index (κ2) is 14.8. The van der Waals surface area contributed by atoms with Gasteiger partial charge in [0.2, 0.25) is 0 Å². The first kappa shape index (κ1) is 35.7. The van der Waals surface area contributed by atoms with Gasteiger partial charge in [-0.1, -0.05) is 170 Å². The van der Waals surface area contributed by atoms with E-state index in [0.717, 1.165) is 22.7 Å². The van der Waals surface area contributed by atoms with Crippen LogP contribution in [-0.2, 0) is 0 Å². The van der Waals surface area contributed by atoms with Gasteiger partial charge in [-0.2, -0.15) is 0 Å². The summed E-state index contributed by atoms with van der Waals surface area (Å²) in [5.74, 6) is 0. The van der Waals surface area contributed by atoms with Gasteiger partial charge in [0.25, 0.3) is 0 Å². The predicted octanol–water partition coefficient (Wildman–Crippen LogP) is 16.7. The third-order valence-electron chi connectivity index (χ3n) is 12.5. The molecular formula is C60H40N2. The minimum atomic E-state index is 1.12. The van der Waals surface area contributed by atoms with Crippen molar-refractivity contribution in [2.75, 3.05) is 4.90 Å². The molecule has 2 heteroatoms. The van der Waals surface area contributed by atoms with Crippen molar-refractivity contribution >= 4 is 71.2 Å². The highest BCUT2D eigenvalue weighted by Gasteiger charge is 2.19. The first-order valence-electron chi connectivity index (χ1n) is 21.3. The third kappa shape index (κ3) is 5.96. The van der Waals surface area contributed by atoms with E-state index in [-0.39, 0.29) is 0 Å². The van der Waals surface area contributed by atoms with E-state index in [9.17, 15) is 0 Å². The summed E-state index contributed by atoms with van der Waals surface area (Å²) in [6.07, 6.45) is 0. The van der Waals surface area contributed by atoms with E-state index in [2.05, 4.69) is 252 Å². The van der Waals surface area contributed by atoms with E-state index < -0.39 is 0 Å². The number of hydrogen-bond donors (Lipinski definition) is 0. The van der Waals surface area contributed by atoms with Crippen molar-refractivity contribution in [3.63, 3.8) is 0 Å². The summed E-state index contributed by atoms with van der Waals surface area (Å²) in [4.78, 5) is 2.30. The summed E-state index contributed by atoms with van der Waals surface area (Å²) in [5, 5.41) is 10.0. The molecule has 0 aliphatic carbocycles. The summed E-state index contributed by atoms with van der Waals surface area (Å²) < 4.78 is 2.41. The predicted molar refractivity (Wildman–Crippen MR) is 264 cm³/mol. The Bertz CT molecular complexity index is 3510. The van der Waals surface area contributed by atoms with E-state index in [1.807, 2.05) is 0 Å². The molecule has 0 bridgehead atoms. The van der Waals surface area contributed by atoms with Crippen LogP contribution in [-0.4, -0.2) is 4.57 Å². The fourth-order valence-electron chi connectivity index (χ4n) is 9.71. The normalized spacial score (nSPS) is 11.5. The number of aromatic nitrogens is 1. The SMILES string of the molecule is c1ccc(N(c2ccccc2)c2ccc(-c3ccc4c(c3)c3ccccc3n4-c3ccc(-c4c5ccccc5c(-c5ccc6ccccc6c5)c5ccccc45)cc3)cc2)cc1. The molecule has 2 nitrogen and oxygen atoms in total. The highest BCUT2D eigenvalue weighted by Crippen LogP contribution is 2.45. The van der Waals surface area contributed by atoms with Crippen LogP contribution in [0.5, 0.6) is 0 Å². The number of hydrogen-bond acceptors (Lipinski definition) is 1. The highest BCUT2D eigenvalue weighted by molar-refractivity contribution is 6.22. The van der Waals surface area contributed by atoms with Gasteiger partial charge in [-0.3, -0.25) is 0 Å². The molecule has 0 saturated heterocycles. The Morgan fingerprint density at radius 1 is 0.258 bits per heavy atom. The molecule has 1 heterocycles. The lowest BCUT2D eigenvalue weighted by molar-refractivity contribution is 1.18. The second-order valence-corrected chi connectivity index (χ2v) is 16.1. The van der Waals surface area contributed by atoms with Crippen molar-refractivity contribution in [3.8, 4) is 39.1 Å². The maximum atomic E-state index is 2.41. The van der Waals surface area contributed by atoms with Gasteiger partial charge in [0.1, 0.15) is 0 Å². The lowest BCUT2D eigenvalue weighted by Crippen LogP contribution is -2.09. The van der Waals surface area contributed by atoms with Crippen molar-refractivity contribution in [1.29, 1.82) is 0 Å². The molecule has 0 radical (unpaired) electrons. The summed E-state index contributed by atoms with van der Waals surface area (Å²) in [6.45, 7) is 0. The molecule has 0 amide bonds. The molecular weight excluding hydrogens is 749 g/mol. The Labute approximate surface area is 360 Å². The molecule has 0 atom stereocenters. The van der Waals surface area contributed by atoms with Crippen LogP contribution in [0, 0.1) is 0 Å². The first-order chi connectivity index (χ1) is 30.8. The molecule has 0 saturated carbocycles. The maximum absolute atomic E-state index is 2.41. The minimum Gasteiger partial charge on any atom is -0.311 e. The van der Waals surface area contributed by atoms with Gasteiger partial charge >= 0.3 is 0 Å². The molecule has 62 heavy (non-hydrogen) atoms. The number of nitrogens with zero attached hydrogens (tertiary/aromatic N) is 2. The number of para-hydroxylation sites is 3. The van der Waals surface area contributed by atoms with Gasteiger partial charge in [0, 0.05) is 33.5 Å². The van der Waals surface area contributed by atoms with Crippen molar-refractivity contribution in [2.24, 2.45) is 0 Å². The van der Waals surface area contributed by atoms with Crippen LogP contribution in [0.4, 0.5) is 17.1 Å². The molecule has 0 spiro atoms. The number of benzene rings is 11. The monoisotopic (exact) mass is 788 g/mol. The molecule has 12 rings (SSSR count).